The first-order chi connectivity index (χ1) is 9.61. The predicted octanol–water partition coefficient (Wildman–Crippen LogP) is 0.0958. The topological polar surface area (TPSA) is 112 Å². The summed E-state index contributed by atoms with van der Waals surface area (Å²) in [5.74, 6) is -0.763. The fraction of sp³-hybridized carbons (Fsp3) is 0.667. The van der Waals surface area contributed by atoms with E-state index in [4.69, 9.17) is 10.5 Å². The Labute approximate surface area is 116 Å². The first-order valence-corrected chi connectivity index (χ1v) is 6.77. The number of aromatic nitrogens is 3. The van der Waals surface area contributed by atoms with Crippen molar-refractivity contribution in [3.8, 4) is 0 Å². The molecule has 1 amide bonds. The molecular weight excluding hydrogens is 262 g/mol. The molecule has 3 N–H and O–H groups in total. The van der Waals surface area contributed by atoms with Crippen molar-refractivity contribution >= 4 is 17.7 Å². The maximum atomic E-state index is 11.9. The van der Waals surface area contributed by atoms with Crippen molar-refractivity contribution in [3.05, 3.63) is 5.69 Å². The second-order valence-electron chi connectivity index (χ2n) is 4.75. The van der Waals surface area contributed by atoms with Crippen LogP contribution in [0.1, 0.15) is 43.1 Å². The zero-order valence-electron chi connectivity index (χ0n) is 11.5. The Bertz CT molecular complexity index is 493. The summed E-state index contributed by atoms with van der Waals surface area (Å²) in [5.41, 5.74) is 5.69. The third kappa shape index (κ3) is 3.25. The summed E-state index contributed by atoms with van der Waals surface area (Å²) >= 11 is 0. The van der Waals surface area contributed by atoms with E-state index in [0.29, 0.717) is 0 Å². The molecule has 0 spiro atoms. The third-order valence-electron chi connectivity index (χ3n) is 3.26. The second-order valence-corrected chi connectivity index (χ2v) is 4.75. The average molecular weight is 281 g/mol. The van der Waals surface area contributed by atoms with Crippen LogP contribution in [0.15, 0.2) is 0 Å². The first-order valence-electron chi connectivity index (χ1n) is 6.77. The van der Waals surface area contributed by atoms with Gasteiger partial charge in [0.05, 0.1) is 6.61 Å². The van der Waals surface area contributed by atoms with E-state index in [1.807, 2.05) is 0 Å². The van der Waals surface area contributed by atoms with Gasteiger partial charge in [0.1, 0.15) is 6.54 Å². The Morgan fingerprint density at radius 2 is 2.15 bits per heavy atom. The largest absolute Gasteiger partial charge is 0.461 e. The number of ether oxygens (including phenoxy) is 1. The molecule has 0 unspecified atom stereocenters. The number of hydrogen-bond donors (Lipinski definition) is 2. The summed E-state index contributed by atoms with van der Waals surface area (Å²) in [6.07, 6.45) is 4.30. The van der Waals surface area contributed by atoms with Crippen molar-refractivity contribution in [1.82, 2.24) is 20.3 Å². The predicted molar refractivity (Wildman–Crippen MR) is 70.8 cm³/mol. The Kier molecular flexibility index (Phi) is 4.54. The van der Waals surface area contributed by atoms with Gasteiger partial charge in [-0.05, 0) is 19.8 Å². The highest BCUT2D eigenvalue weighted by molar-refractivity contribution is 5.92. The summed E-state index contributed by atoms with van der Waals surface area (Å²) in [7, 11) is 0. The van der Waals surface area contributed by atoms with E-state index in [1.54, 1.807) is 6.92 Å². The lowest BCUT2D eigenvalue weighted by molar-refractivity contribution is -0.122. The van der Waals surface area contributed by atoms with Gasteiger partial charge in [0.2, 0.25) is 11.6 Å². The van der Waals surface area contributed by atoms with Crippen molar-refractivity contribution in [2.24, 2.45) is 0 Å². The standard InChI is InChI=1S/C12H19N5O3/c1-2-20-12(19)10-11(13)17(16-15-10)7-9(18)14-8-5-3-4-6-8/h8H,2-7,13H2,1H3,(H,14,18). The van der Waals surface area contributed by atoms with Crippen molar-refractivity contribution in [1.29, 1.82) is 0 Å². The monoisotopic (exact) mass is 281 g/mol. The van der Waals surface area contributed by atoms with Gasteiger partial charge in [0.25, 0.3) is 0 Å². The number of carbonyl (C=O) groups is 2. The highest BCUT2D eigenvalue weighted by Gasteiger charge is 2.21. The van der Waals surface area contributed by atoms with E-state index in [9.17, 15) is 9.59 Å². The molecule has 2 rings (SSSR count). The lowest BCUT2D eigenvalue weighted by Gasteiger charge is -2.11. The Morgan fingerprint density at radius 3 is 2.80 bits per heavy atom. The number of esters is 1. The number of carbonyl (C=O) groups excluding carboxylic acids is 2. The van der Waals surface area contributed by atoms with Gasteiger partial charge in [-0.15, -0.1) is 5.10 Å². The molecule has 0 aliphatic heterocycles. The van der Waals surface area contributed by atoms with Gasteiger partial charge in [0.15, 0.2) is 5.82 Å². The number of nitrogens with zero attached hydrogens (tertiary/aromatic N) is 3. The average Bonchev–Trinajstić information content (AvgIpc) is 3.01. The molecule has 20 heavy (non-hydrogen) atoms. The summed E-state index contributed by atoms with van der Waals surface area (Å²) in [6.45, 7) is 1.87. The van der Waals surface area contributed by atoms with Crippen LogP contribution in [-0.4, -0.2) is 39.5 Å². The first kappa shape index (κ1) is 14.3. The molecule has 1 fully saturated rings. The molecule has 1 heterocycles. The molecule has 0 radical (unpaired) electrons. The highest BCUT2D eigenvalue weighted by atomic mass is 16.5. The van der Waals surface area contributed by atoms with Gasteiger partial charge >= 0.3 is 5.97 Å². The minimum Gasteiger partial charge on any atom is -0.461 e. The molecule has 0 bridgehead atoms. The van der Waals surface area contributed by atoms with E-state index in [1.165, 1.54) is 4.68 Å². The minimum absolute atomic E-state index is 0.0463. The maximum absolute atomic E-state index is 11.9. The summed E-state index contributed by atoms with van der Waals surface area (Å²) in [5, 5.41) is 10.3. The summed E-state index contributed by atoms with van der Waals surface area (Å²) in [4.78, 5) is 23.4. The number of nitrogens with one attached hydrogen (secondary N) is 1. The zero-order chi connectivity index (χ0) is 14.5. The van der Waals surface area contributed by atoms with Gasteiger partial charge in [0, 0.05) is 6.04 Å². The molecular formula is C12H19N5O3. The summed E-state index contributed by atoms with van der Waals surface area (Å²) in [6, 6.07) is 0.233. The number of nitrogen functional groups attached to an aromatic ring is 1. The molecule has 1 aliphatic carbocycles. The van der Waals surface area contributed by atoms with E-state index in [-0.39, 0.29) is 36.6 Å². The molecule has 0 atom stereocenters. The van der Waals surface area contributed by atoms with Crippen LogP contribution in [0.2, 0.25) is 0 Å². The second kappa shape index (κ2) is 6.36. The van der Waals surface area contributed by atoms with Crippen LogP contribution < -0.4 is 11.1 Å². The molecule has 1 aromatic rings. The molecule has 0 saturated heterocycles. The van der Waals surface area contributed by atoms with Crippen molar-refractivity contribution < 1.29 is 14.3 Å². The third-order valence-corrected chi connectivity index (χ3v) is 3.26. The number of anilines is 1. The number of hydrogen-bond acceptors (Lipinski definition) is 6. The van der Waals surface area contributed by atoms with Crippen molar-refractivity contribution in [2.75, 3.05) is 12.3 Å². The lowest BCUT2D eigenvalue weighted by atomic mass is 10.2. The lowest BCUT2D eigenvalue weighted by Crippen LogP contribution is -2.35. The zero-order valence-corrected chi connectivity index (χ0v) is 11.5. The van der Waals surface area contributed by atoms with Crippen LogP contribution in [0.25, 0.3) is 0 Å². The van der Waals surface area contributed by atoms with Crippen LogP contribution in [0.4, 0.5) is 5.82 Å². The molecule has 8 nitrogen and oxygen atoms in total. The normalized spacial score (nSPS) is 15.2. The Balaban J connectivity index is 1.95. The SMILES string of the molecule is CCOC(=O)c1nnn(CC(=O)NC2CCCC2)c1N. The van der Waals surface area contributed by atoms with Crippen LogP contribution in [0.3, 0.4) is 0 Å². The number of nitrogens with two attached hydrogens (primary N) is 1. The quantitative estimate of drug-likeness (QED) is 0.740. The molecule has 8 heteroatoms. The maximum Gasteiger partial charge on any atom is 0.362 e. The van der Waals surface area contributed by atoms with Crippen LogP contribution in [0, 0.1) is 0 Å². The van der Waals surface area contributed by atoms with Crippen LogP contribution in [-0.2, 0) is 16.1 Å². The smallest absolute Gasteiger partial charge is 0.362 e. The van der Waals surface area contributed by atoms with E-state index < -0.39 is 5.97 Å². The molecule has 110 valence electrons. The molecule has 1 saturated carbocycles. The van der Waals surface area contributed by atoms with E-state index >= 15 is 0 Å². The van der Waals surface area contributed by atoms with Crippen LogP contribution >= 0.6 is 0 Å². The minimum atomic E-state index is -0.632. The fourth-order valence-electron chi connectivity index (χ4n) is 2.26. The van der Waals surface area contributed by atoms with E-state index in [2.05, 4.69) is 15.6 Å². The van der Waals surface area contributed by atoms with Gasteiger partial charge in [-0.3, -0.25) is 4.79 Å². The number of rotatable bonds is 5. The van der Waals surface area contributed by atoms with Gasteiger partial charge in [-0.2, -0.15) is 0 Å². The van der Waals surface area contributed by atoms with Gasteiger partial charge < -0.3 is 15.8 Å². The fourth-order valence-corrected chi connectivity index (χ4v) is 2.26. The van der Waals surface area contributed by atoms with Crippen molar-refractivity contribution in [3.63, 3.8) is 0 Å². The Morgan fingerprint density at radius 1 is 1.45 bits per heavy atom. The molecule has 1 aliphatic rings. The van der Waals surface area contributed by atoms with Crippen molar-refractivity contribution in [2.45, 2.75) is 45.2 Å². The molecule has 0 aromatic carbocycles. The van der Waals surface area contributed by atoms with Gasteiger partial charge in [-0.25, -0.2) is 9.48 Å². The molecule has 1 aromatic heterocycles. The number of amides is 1. The van der Waals surface area contributed by atoms with E-state index in [0.717, 1.165) is 25.7 Å². The van der Waals surface area contributed by atoms with Crippen LogP contribution in [0.5, 0.6) is 0 Å². The Hall–Kier alpha value is -2.12. The van der Waals surface area contributed by atoms with Gasteiger partial charge in [-0.1, -0.05) is 18.1 Å². The summed E-state index contributed by atoms with van der Waals surface area (Å²) < 4.78 is 6.00. The highest BCUT2D eigenvalue weighted by Crippen LogP contribution is 2.17.